The van der Waals surface area contributed by atoms with Crippen LogP contribution in [0.3, 0.4) is 0 Å². The molecule has 72 valence electrons. The third kappa shape index (κ3) is 2.71. The first kappa shape index (κ1) is 10.0. The number of halogens is 2. The van der Waals surface area contributed by atoms with Gasteiger partial charge in [-0.05, 0) is 23.2 Å². The average Bonchev–Trinajstić information content (AvgIpc) is 2.03. The summed E-state index contributed by atoms with van der Waals surface area (Å²) in [4.78, 5) is 2.96. The fourth-order valence-corrected chi connectivity index (χ4v) is 1.11. The van der Waals surface area contributed by atoms with Crippen molar-refractivity contribution in [3.8, 4) is 5.88 Å². The van der Waals surface area contributed by atoms with Gasteiger partial charge in [-0.25, -0.2) is 4.98 Å². The van der Waals surface area contributed by atoms with E-state index in [0.717, 1.165) is 12.3 Å². The van der Waals surface area contributed by atoms with Gasteiger partial charge in [-0.15, -0.1) is 0 Å². The molecule has 0 aliphatic carbocycles. The van der Waals surface area contributed by atoms with Gasteiger partial charge in [0.2, 0.25) is 5.88 Å². The topological polar surface area (TPSA) is 62.2 Å². The minimum atomic E-state index is -3.09. The molecule has 13 heavy (non-hydrogen) atoms. The smallest absolute Gasteiger partial charge is 0.388 e. The lowest BCUT2D eigenvalue weighted by Gasteiger charge is -2.10. The molecule has 1 unspecified atom stereocenters. The monoisotopic (exact) mass is 208 g/mol. The van der Waals surface area contributed by atoms with Crippen LogP contribution in [0.25, 0.3) is 0 Å². The number of hydrogen-bond acceptors (Lipinski definition) is 4. The van der Waals surface area contributed by atoms with Gasteiger partial charge in [0.1, 0.15) is 0 Å². The molecule has 0 aliphatic rings. The molecule has 0 N–H and O–H groups in total. The maximum Gasteiger partial charge on any atom is 0.388 e. The number of hydrogen-bond donors (Lipinski definition) is 0. The van der Waals surface area contributed by atoms with Gasteiger partial charge >= 0.3 is 6.61 Å². The Hall–Kier alpha value is -1.08. The molecular weight excluding hydrogens is 204 g/mol. The van der Waals surface area contributed by atoms with Crippen LogP contribution in [-0.2, 0) is 11.1 Å². The van der Waals surface area contributed by atoms with E-state index in [2.05, 4.69) is 9.72 Å². The standard InChI is InChI=1S/C6H5F2NO3S/c7-6(8)12-5-4(13(10)11)2-1-3-9-5/h1-3,6H,(H,10,11)/p-1. The highest BCUT2D eigenvalue weighted by atomic mass is 32.2. The SMILES string of the molecule is O=S([O-])c1cccnc1OC(F)F. The van der Waals surface area contributed by atoms with Crippen LogP contribution in [0.15, 0.2) is 23.2 Å². The van der Waals surface area contributed by atoms with Crippen LogP contribution in [0.2, 0.25) is 0 Å². The second-order valence-electron chi connectivity index (χ2n) is 1.92. The Bertz CT molecular complexity index is 321. The lowest BCUT2D eigenvalue weighted by molar-refractivity contribution is -0.0549. The Labute approximate surface area is 74.8 Å². The zero-order valence-electron chi connectivity index (χ0n) is 6.15. The van der Waals surface area contributed by atoms with Gasteiger partial charge < -0.3 is 9.29 Å². The second-order valence-corrected chi connectivity index (χ2v) is 2.83. The van der Waals surface area contributed by atoms with Crippen molar-refractivity contribution >= 4 is 11.1 Å². The van der Waals surface area contributed by atoms with Crippen LogP contribution in [0.1, 0.15) is 0 Å². The predicted molar refractivity (Wildman–Crippen MR) is 38.1 cm³/mol. The molecule has 1 heterocycles. The normalized spacial score (nSPS) is 12.9. The largest absolute Gasteiger partial charge is 0.768 e. The number of ether oxygens (including phenoxy) is 1. The van der Waals surface area contributed by atoms with Crippen molar-refractivity contribution in [2.24, 2.45) is 0 Å². The van der Waals surface area contributed by atoms with Crippen molar-refractivity contribution in [3.05, 3.63) is 18.3 Å². The van der Waals surface area contributed by atoms with E-state index < -0.39 is 23.6 Å². The molecule has 1 rings (SSSR count). The van der Waals surface area contributed by atoms with Gasteiger partial charge in [0, 0.05) is 6.20 Å². The first-order valence-electron chi connectivity index (χ1n) is 3.10. The molecule has 1 atom stereocenters. The molecule has 0 radical (unpaired) electrons. The van der Waals surface area contributed by atoms with Crippen molar-refractivity contribution in [2.75, 3.05) is 0 Å². The summed E-state index contributed by atoms with van der Waals surface area (Å²) in [6.07, 6.45) is 1.16. The van der Waals surface area contributed by atoms with Crippen molar-refractivity contribution in [3.63, 3.8) is 0 Å². The van der Waals surface area contributed by atoms with Crippen LogP contribution in [0.4, 0.5) is 8.78 Å². The lowest BCUT2D eigenvalue weighted by Crippen LogP contribution is -2.06. The fourth-order valence-electron chi connectivity index (χ4n) is 0.676. The summed E-state index contributed by atoms with van der Waals surface area (Å²) < 4.78 is 48.1. The van der Waals surface area contributed by atoms with Gasteiger partial charge in [-0.2, -0.15) is 8.78 Å². The highest BCUT2D eigenvalue weighted by Crippen LogP contribution is 2.19. The third-order valence-corrected chi connectivity index (χ3v) is 1.79. The number of pyridine rings is 1. The van der Waals surface area contributed by atoms with E-state index >= 15 is 0 Å². The molecule has 4 nitrogen and oxygen atoms in total. The molecule has 0 aromatic carbocycles. The highest BCUT2D eigenvalue weighted by Gasteiger charge is 2.10. The molecular formula is C6H4F2NO3S-. The second kappa shape index (κ2) is 4.24. The minimum absolute atomic E-state index is 0.386. The summed E-state index contributed by atoms with van der Waals surface area (Å²) in [6, 6.07) is 2.43. The van der Waals surface area contributed by atoms with Gasteiger partial charge in [0.05, 0.1) is 4.90 Å². The minimum Gasteiger partial charge on any atom is -0.768 e. The van der Waals surface area contributed by atoms with Gasteiger partial charge in [0.25, 0.3) is 0 Å². The Morgan fingerprint density at radius 2 is 2.31 bits per heavy atom. The van der Waals surface area contributed by atoms with E-state index in [1.165, 1.54) is 6.07 Å². The molecule has 7 heteroatoms. The molecule has 0 aliphatic heterocycles. The van der Waals surface area contributed by atoms with Crippen LogP contribution >= 0.6 is 0 Å². The lowest BCUT2D eigenvalue weighted by atomic mass is 10.5. The van der Waals surface area contributed by atoms with Crippen molar-refractivity contribution in [1.29, 1.82) is 0 Å². The van der Waals surface area contributed by atoms with E-state index in [9.17, 15) is 17.5 Å². The molecule has 1 aromatic heterocycles. The summed E-state index contributed by atoms with van der Waals surface area (Å²) in [5.74, 6) is -0.592. The molecule has 0 amide bonds. The Kier molecular flexibility index (Phi) is 3.26. The summed E-state index contributed by atoms with van der Waals surface area (Å²) in [5.41, 5.74) is 0. The van der Waals surface area contributed by atoms with Crippen molar-refractivity contribution in [2.45, 2.75) is 11.5 Å². The van der Waals surface area contributed by atoms with Crippen LogP contribution in [0, 0.1) is 0 Å². The van der Waals surface area contributed by atoms with Crippen LogP contribution in [0.5, 0.6) is 5.88 Å². The van der Waals surface area contributed by atoms with Crippen LogP contribution in [-0.4, -0.2) is 20.4 Å². The first-order chi connectivity index (χ1) is 6.11. The maximum atomic E-state index is 11.7. The number of nitrogens with zero attached hydrogens (tertiary/aromatic N) is 1. The predicted octanol–water partition coefficient (Wildman–Crippen LogP) is 0.921. The summed E-state index contributed by atoms with van der Waals surface area (Å²) in [7, 11) is 0. The Balaban J connectivity index is 2.98. The average molecular weight is 208 g/mol. The zero-order valence-corrected chi connectivity index (χ0v) is 6.96. The van der Waals surface area contributed by atoms with E-state index in [4.69, 9.17) is 0 Å². The number of rotatable bonds is 3. The van der Waals surface area contributed by atoms with Crippen molar-refractivity contribution < 1.29 is 22.3 Å². The number of aromatic nitrogens is 1. The summed E-state index contributed by atoms with van der Waals surface area (Å²) >= 11 is -2.63. The zero-order chi connectivity index (χ0) is 9.84. The molecule has 1 aromatic rings. The summed E-state index contributed by atoms with van der Waals surface area (Å²) in [6.45, 7) is -3.09. The molecule has 0 bridgehead atoms. The Morgan fingerprint density at radius 1 is 1.62 bits per heavy atom. The van der Waals surface area contributed by atoms with Crippen LogP contribution < -0.4 is 4.74 Å². The Morgan fingerprint density at radius 3 is 2.85 bits per heavy atom. The third-order valence-electron chi connectivity index (χ3n) is 1.12. The number of alkyl halides is 2. The van der Waals surface area contributed by atoms with E-state index in [0.29, 0.717) is 0 Å². The highest BCUT2D eigenvalue weighted by molar-refractivity contribution is 7.79. The first-order valence-corrected chi connectivity index (χ1v) is 4.18. The maximum absolute atomic E-state index is 11.7. The molecule has 0 saturated carbocycles. The fraction of sp³-hybridized carbons (Fsp3) is 0.167. The molecule has 0 saturated heterocycles. The quantitative estimate of drug-likeness (QED) is 0.693. The van der Waals surface area contributed by atoms with E-state index in [1.807, 2.05) is 0 Å². The van der Waals surface area contributed by atoms with Gasteiger partial charge in [-0.3, -0.25) is 4.21 Å². The van der Waals surface area contributed by atoms with E-state index in [-0.39, 0.29) is 4.90 Å². The van der Waals surface area contributed by atoms with Gasteiger partial charge in [0.15, 0.2) is 0 Å². The summed E-state index contributed by atoms with van der Waals surface area (Å²) in [5, 5.41) is 0. The molecule has 0 fully saturated rings. The van der Waals surface area contributed by atoms with Gasteiger partial charge in [-0.1, -0.05) is 0 Å². The van der Waals surface area contributed by atoms with Crippen molar-refractivity contribution in [1.82, 2.24) is 4.98 Å². The molecule has 0 spiro atoms. The van der Waals surface area contributed by atoms with E-state index in [1.54, 1.807) is 0 Å².